The van der Waals surface area contributed by atoms with Gasteiger partial charge in [-0.25, -0.2) is 4.79 Å². The van der Waals surface area contributed by atoms with Crippen molar-refractivity contribution in [3.05, 3.63) is 103 Å². The first-order valence-electron chi connectivity index (χ1n) is 10.4. The fourth-order valence-electron chi connectivity index (χ4n) is 3.86. The van der Waals surface area contributed by atoms with Gasteiger partial charge in [-0.3, -0.25) is 0 Å². The maximum atomic E-state index is 13.0. The standard InChI is InChI=1S/C27H27O2S/c1-27(2,22-13-9-10-14-22)29-26(28)21-12-11-19-25(20-21)30(23-15-5-3-6-16-23)24-17-7-4-8-18-24/h3-9,11-13,15-20,22H,10,14H2,1-2H3/q+1. The van der Waals surface area contributed by atoms with Gasteiger partial charge in [0.1, 0.15) is 5.60 Å². The molecule has 1 atom stereocenters. The summed E-state index contributed by atoms with van der Waals surface area (Å²) in [5.74, 6) is 0.0136. The maximum Gasteiger partial charge on any atom is 0.338 e. The lowest BCUT2D eigenvalue weighted by atomic mass is 9.90. The Labute approximate surface area is 182 Å². The Balaban J connectivity index is 1.65. The lowest BCUT2D eigenvalue weighted by Gasteiger charge is -2.30. The van der Waals surface area contributed by atoms with Crippen LogP contribution in [0.2, 0.25) is 0 Å². The van der Waals surface area contributed by atoms with Crippen LogP contribution in [0.15, 0.2) is 112 Å². The summed E-state index contributed by atoms with van der Waals surface area (Å²) < 4.78 is 5.97. The van der Waals surface area contributed by atoms with E-state index in [0.717, 1.165) is 17.7 Å². The van der Waals surface area contributed by atoms with Crippen molar-refractivity contribution in [1.29, 1.82) is 0 Å². The third-order valence-electron chi connectivity index (χ3n) is 5.52. The summed E-state index contributed by atoms with van der Waals surface area (Å²) in [6, 6.07) is 28.8. The molecular weight excluding hydrogens is 388 g/mol. The van der Waals surface area contributed by atoms with Crippen LogP contribution < -0.4 is 0 Å². The van der Waals surface area contributed by atoms with Gasteiger partial charge in [0.05, 0.1) is 16.5 Å². The van der Waals surface area contributed by atoms with Crippen LogP contribution in [0.3, 0.4) is 0 Å². The first-order valence-corrected chi connectivity index (χ1v) is 11.6. The topological polar surface area (TPSA) is 26.3 Å². The van der Waals surface area contributed by atoms with Crippen LogP contribution in [0, 0.1) is 5.92 Å². The Morgan fingerprint density at radius 1 is 0.867 bits per heavy atom. The third-order valence-corrected chi connectivity index (χ3v) is 7.74. The van der Waals surface area contributed by atoms with Crippen LogP contribution in [0.5, 0.6) is 0 Å². The maximum absolute atomic E-state index is 13.0. The molecule has 152 valence electrons. The van der Waals surface area contributed by atoms with Crippen LogP contribution in [0.25, 0.3) is 0 Å². The average Bonchev–Trinajstić information content (AvgIpc) is 3.32. The minimum absolute atomic E-state index is 0.258. The molecule has 0 saturated carbocycles. The van der Waals surface area contributed by atoms with Crippen LogP contribution in [-0.2, 0) is 15.6 Å². The molecule has 0 spiro atoms. The monoisotopic (exact) mass is 415 g/mol. The summed E-state index contributed by atoms with van der Waals surface area (Å²) in [4.78, 5) is 16.6. The Morgan fingerprint density at radius 3 is 2.03 bits per heavy atom. The number of esters is 1. The summed E-state index contributed by atoms with van der Waals surface area (Å²) in [5, 5.41) is 0. The zero-order valence-electron chi connectivity index (χ0n) is 17.5. The van der Waals surface area contributed by atoms with E-state index in [4.69, 9.17) is 4.74 Å². The highest BCUT2D eigenvalue weighted by Gasteiger charge is 2.34. The van der Waals surface area contributed by atoms with E-state index in [1.165, 1.54) is 9.79 Å². The van der Waals surface area contributed by atoms with Gasteiger partial charge in [-0.2, -0.15) is 0 Å². The Hall–Kier alpha value is -2.78. The van der Waals surface area contributed by atoms with Gasteiger partial charge in [0.25, 0.3) is 0 Å². The fraction of sp³-hybridized carbons (Fsp3) is 0.222. The predicted octanol–water partition coefficient (Wildman–Crippen LogP) is 6.68. The van der Waals surface area contributed by atoms with Crippen molar-refractivity contribution in [2.24, 2.45) is 5.92 Å². The number of benzene rings is 3. The average molecular weight is 416 g/mol. The number of carbonyl (C=O) groups excluding carboxylic acids is 1. The van der Waals surface area contributed by atoms with Gasteiger partial charge in [-0.15, -0.1) is 0 Å². The lowest BCUT2D eigenvalue weighted by Crippen LogP contribution is -2.35. The van der Waals surface area contributed by atoms with E-state index in [0.29, 0.717) is 5.56 Å². The van der Waals surface area contributed by atoms with Crippen molar-refractivity contribution < 1.29 is 9.53 Å². The van der Waals surface area contributed by atoms with Crippen molar-refractivity contribution in [2.45, 2.75) is 47.0 Å². The van der Waals surface area contributed by atoms with Crippen LogP contribution in [0.4, 0.5) is 0 Å². The van der Waals surface area contributed by atoms with Crippen molar-refractivity contribution >= 4 is 16.9 Å². The van der Waals surface area contributed by atoms with Gasteiger partial charge >= 0.3 is 5.97 Å². The molecule has 0 fully saturated rings. The second-order valence-electron chi connectivity index (χ2n) is 8.07. The van der Waals surface area contributed by atoms with Gasteiger partial charge in [0.2, 0.25) is 0 Å². The molecule has 0 aliphatic heterocycles. The number of allylic oxidation sites excluding steroid dienone is 1. The van der Waals surface area contributed by atoms with E-state index < -0.39 is 5.60 Å². The third kappa shape index (κ3) is 4.52. The Kier molecular flexibility index (Phi) is 6.10. The molecule has 0 amide bonds. The summed E-state index contributed by atoms with van der Waals surface area (Å²) >= 11 is 0. The first kappa shape index (κ1) is 20.5. The van der Waals surface area contributed by atoms with E-state index >= 15 is 0 Å². The normalized spacial score (nSPS) is 16.0. The summed E-state index contributed by atoms with van der Waals surface area (Å²) in [6.45, 7) is 4.02. The second kappa shape index (κ2) is 8.93. The predicted molar refractivity (Wildman–Crippen MR) is 123 cm³/mol. The Bertz CT molecular complexity index is 985. The number of carbonyl (C=O) groups is 1. The molecule has 1 aliphatic carbocycles. The molecule has 3 aromatic carbocycles. The highest BCUT2D eigenvalue weighted by Crippen LogP contribution is 2.34. The lowest BCUT2D eigenvalue weighted by molar-refractivity contribution is -0.0199. The molecule has 0 heterocycles. The SMILES string of the molecule is CC(C)(OC(=O)c1cccc([S+](c2ccccc2)c2ccccc2)c1)C1C=CCC1. The van der Waals surface area contributed by atoms with E-state index in [-0.39, 0.29) is 22.8 Å². The molecule has 1 aliphatic rings. The molecule has 0 aromatic heterocycles. The molecule has 3 heteroatoms. The van der Waals surface area contributed by atoms with Crippen molar-refractivity contribution in [2.75, 3.05) is 0 Å². The molecule has 0 radical (unpaired) electrons. The smallest absolute Gasteiger partial charge is 0.338 e. The number of hydrogen-bond acceptors (Lipinski definition) is 2. The summed E-state index contributed by atoms with van der Waals surface area (Å²) in [5.41, 5.74) is 0.0904. The fourth-order valence-corrected chi connectivity index (χ4v) is 5.99. The van der Waals surface area contributed by atoms with Gasteiger partial charge in [0.15, 0.2) is 14.7 Å². The van der Waals surface area contributed by atoms with Gasteiger partial charge in [-0.1, -0.05) is 54.6 Å². The van der Waals surface area contributed by atoms with Gasteiger partial charge in [0, 0.05) is 12.0 Å². The van der Waals surface area contributed by atoms with E-state index in [2.05, 4.69) is 66.7 Å². The molecule has 2 nitrogen and oxygen atoms in total. The molecule has 3 aromatic rings. The largest absolute Gasteiger partial charge is 0.455 e. The van der Waals surface area contributed by atoms with Crippen molar-refractivity contribution in [3.8, 4) is 0 Å². The molecule has 0 saturated heterocycles. The zero-order chi connectivity index (χ0) is 21.0. The van der Waals surface area contributed by atoms with Crippen LogP contribution in [0.1, 0.15) is 37.0 Å². The second-order valence-corrected chi connectivity index (χ2v) is 10.1. The minimum Gasteiger partial charge on any atom is -0.455 e. The first-order chi connectivity index (χ1) is 14.5. The molecule has 0 bridgehead atoms. The number of hydrogen-bond donors (Lipinski definition) is 0. The van der Waals surface area contributed by atoms with Crippen LogP contribution >= 0.6 is 0 Å². The minimum atomic E-state index is -0.513. The number of ether oxygens (including phenoxy) is 1. The van der Waals surface area contributed by atoms with E-state index in [1.54, 1.807) is 0 Å². The molecule has 30 heavy (non-hydrogen) atoms. The molecule has 0 N–H and O–H groups in total. The molecule has 1 unspecified atom stereocenters. The number of rotatable bonds is 6. The summed E-state index contributed by atoms with van der Waals surface area (Å²) in [6.07, 6.45) is 6.43. The Morgan fingerprint density at radius 2 is 1.47 bits per heavy atom. The van der Waals surface area contributed by atoms with Crippen molar-refractivity contribution in [1.82, 2.24) is 0 Å². The van der Waals surface area contributed by atoms with Crippen LogP contribution in [-0.4, -0.2) is 11.6 Å². The highest BCUT2D eigenvalue weighted by atomic mass is 32.2. The van der Waals surface area contributed by atoms with Crippen molar-refractivity contribution in [3.63, 3.8) is 0 Å². The molecular formula is C27H27O2S+. The van der Waals surface area contributed by atoms with Gasteiger partial charge < -0.3 is 4.74 Å². The summed E-state index contributed by atoms with van der Waals surface area (Å²) in [7, 11) is -0.286. The van der Waals surface area contributed by atoms with Gasteiger partial charge in [-0.05, 0) is 63.1 Å². The highest BCUT2D eigenvalue weighted by molar-refractivity contribution is 7.97. The van der Waals surface area contributed by atoms with E-state index in [1.807, 2.05) is 44.2 Å². The molecule has 4 rings (SSSR count). The quantitative estimate of drug-likeness (QED) is 0.255. The van der Waals surface area contributed by atoms with E-state index in [9.17, 15) is 4.79 Å². The zero-order valence-corrected chi connectivity index (χ0v) is 18.3.